The third-order valence-electron chi connectivity index (χ3n) is 3.64. The summed E-state index contributed by atoms with van der Waals surface area (Å²) in [5, 5.41) is 10.6. The van der Waals surface area contributed by atoms with Gasteiger partial charge in [-0.2, -0.15) is 0 Å². The number of phenolic OH excluding ortho intramolecular Hbond substituents is 1. The van der Waals surface area contributed by atoms with Gasteiger partial charge in [0.15, 0.2) is 0 Å². The number of pyridine rings is 1. The Bertz CT molecular complexity index is 625. The maximum Gasteiger partial charge on any atom is 0.356 e. The van der Waals surface area contributed by atoms with Crippen LogP contribution in [0, 0.1) is 0 Å². The third-order valence-corrected chi connectivity index (χ3v) is 3.64. The first-order valence-corrected chi connectivity index (χ1v) is 7.98. The summed E-state index contributed by atoms with van der Waals surface area (Å²) in [6, 6.07) is 8.54. The number of nitrogens with zero attached hydrogens (tertiary/aromatic N) is 1. The number of hydrogen-bond acceptors (Lipinski definition) is 4. The lowest BCUT2D eigenvalue weighted by molar-refractivity contribution is 0.0491. The van der Waals surface area contributed by atoms with Gasteiger partial charge in [0.2, 0.25) is 0 Å². The van der Waals surface area contributed by atoms with E-state index in [0.29, 0.717) is 12.1 Å². The molecule has 1 aromatic heterocycles. The fourth-order valence-electron chi connectivity index (χ4n) is 2.37. The molecule has 0 spiro atoms. The fraction of sp³-hybridized carbons (Fsp3) is 0.444. The maximum absolute atomic E-state index is 12.0. The van der Waals surface area contributed by atoms with Crippen LogP contribution in [-0.4, -0.2) is 22.7 Å². The van der Waals surface area contributed by atoms with Crippen molar-refractivity contribution in [3.05, 3.63) is 36.0 Å². The number of carbonyl (C=O) groups excluding carboxylic acids is 1. The van der Waals surface area contributed by atoms with Crippen LogP contribution in [0.5, 0.6) is 5.75 Å². The minimum Gasteiger partial charge on any atom is -0.506 e. The summed E-state index contributed by atoms with van der Waals surface area (Å²) in [6.07, 6.45) is 6.90. The molecule has 0 aliphatic carbocycles. The van der Waals surface area contributed by atoms with Gasteiger partial charge in [0.1, 0.15) is 17.0 Å². The van der Waals surface area contributed by atoms with E-state index in [9.17, 15) is 9.90 Å². The van der Waals surface area contributed by atoms with Gasteiger partial charge in [-0.05, 0) is 18.6 Å². The number of para-hydroxylation sites is 1. The monoisotopic (exact) mass is 301 g/mol. The van der Waals surface area contributed by atoms with Gasteiger partial charge < -0.3 is 9.84 Å². The van der Waals surface area contributed by atoms with E-state index in [4.69, 9.17) is 4.74 Å². The number of carbonyl (C=O) groups is 1. The number of hydrogen-bond donors (Lipinski definition) is 1. The van der Waals surface area contributed by atoms with E-state index in [1.54, 1.807) is 24.3 Å². The highest BCUT2D eigenvalue weighted by Gasteiger charge is 2.11. The summed E-state index contributed by atoms with van der Waals surface area (Å²) in [4.78, 5) is 16.2. The lowest BCUT2D eigenvalue weighted by atomic mass is 10.1. The quantitative estimate of drug-likeness (QED) is 0.577. The molecule has 2 aromatic rings. The summed E-state index contributed by atoms with van der Waals surface area (Å²) >= 11 is 0. The average molecular weight is 301 g/mol. The Labute approximate surface area is 131 Å². The topological polar surface area (TPSA) is 59.4 Å². The van der Waals surface area contributed by atoms with E-state index >= 15 is 0 Å². The zero-order valence-electron chi connectivity index (χ0n) is 13.0. The van der Waals surface area contributed by atoms with Crippen LogP contribution in [0.25, 0.3) is 10.9 Å². The van der Waals surface area contributed by atoms with Gasteiger partial charge in [-0.3, -0.25) is 0 Å². The second kappa shape index (κ2) is 8.37. The molecule has 1 N–H and O–H groups in total. The summed E-state index contributed by atoms with van der Waals surface area (Å²) < 4.78 is 5.24. The van der Waals surface area contributed by atoms with Crippen LogP contribution in [0.2, 0.25) is 0 Å². The van der Waals surface area contributed by atoms with Crippen LogP contribution in [0.15, 0.2) is 30.3 Å². The normalized spacial score (nSPS) is 10.8. The lowest BCUT2D eigenvalue weighted by Crippen LogP contribution is -2.08. The molecule has 118 valence electrons. The molecule has 2 rings (SSSR count). The van der Waals surface area contributed by atoms with Crippen LogP contribution in [0.1, 0.15) is 55.9 Å². The van der Waals surface area contributed by atoms with Crippen LogP contribution in [0.4, 0.5) is 0 Å². The molecule has 22 heavy (non-hydrogen) atoms. The number of aromatic nitrogens is 1. The Kier molecular flexibility index (Phi) is 6.19. The number of benzene rings is 1. The predicted octanol–water partition coefficient (Wildman–Crippen LogP) is 4.46. The van der Waals surface area contributed by atoms with Crippen molar-refractivity contribution in [3.63, 3.8) is 0 Å². The molecule has 1 heterocycles. The highest BCUT2D eigenvalue weighted by Crippen LogP contribution is 2.22. The van der Waals surface area contributed by atoms with Gasteiger partial charge in [0.25, 0.3) is 0 Å². The van der Waals surface area contributed by atoms with E-state index in [0.717, 1.165) is 18.2 Å². The average Bonchev–Trinajstić information content (AvgIpc) is 2.54. The summed E-state index contributed by atoms with van der Waals surface area (Å²) in [5.41, 5.74) is 0.663. The van der Waals surface area contributed by atoms with Crippen LogP contribution in [0.3, 0.4) is 0 Å². The molecule has 0 amide bonds. The van der Waals surface area contributed by atoms with E-state index in [2.05, 4.69) is 11.9 Å². The number of phenols is 1. The molecular weight excluding hydrogens is 278 g/mol. The van der Waals surface area contributed by atoms with Gasteiger partial charge in [-0.1, -0.05) is 57.2 Å². The summed E-state index contributed by atoms with van der Waals surface area (Å²) in [7, 11) is 0. The number of ether oxygens (including phenoxy) is 1. The van der Waals surface area contributed by atoms with E-state index < -0.39 is 5.97 Å². The van der Waals surface area contributed by atoms with Gasteiger partial charge >= 0.3 is 5.97 Å². The van der Waals surface area contributed by atoms with Crippen molar-refractivity contribution in [2.45, 2.75) is 45.4 Å². The highest BCUT2D eigenvalue weighted by atomic mass is 16.5. The predicted molar refractivity (Wildman–Crippen MR) is 87.1 cm³/mol. The Morgan fingerprint density at radius 3 is 2.68 bits per heavy atom. The largest absolute Gasteiger partial charge is 0.506 e. The lowest BCUT2D eigenvalue weighted by Gasteiger charge is -2.06. The van der Waals surface area contributed by atoms with Gasteiger partial charge in [0.05, 0.1) is 6.61 Å². The third kappa shape index (κ3) is 4.45. The first-order valence-electron chi connectivity index (χ1n) is 7.98. The molecule has 0 aliphatic heterocycles. The minimum atomic E-state index is -0.432. The molecule has 0 atom stereocenters. The maximum atomic E-state index is 12.0. The summed E-state index contributed by atoms with van der Waals surface area (Å²) in [5.74, 6) is -0.359. The smallest absolute Gasteiger partial charge is 0.356 e. The first-order chi connectivity index (χ1) is 10.7. The number of aromatic hydroxyl groups is 1. The molecule has 4 nitrogen and oxygen atoms in total. The van der Waals surface area contributed by atoms with Crippen molar-refractivity contribution in [2.24, 2.45) is 0 Å². The van der Waals surface area contributed by atoms with Crippen LogP contribution in [-0.2, 0) is 4.74 Å². The number of fused-ring (bicyclic) bond motifs is 1. The molecule has 0 unspecified atom stereocenters. The van der Waals surface area contributed by atoms with Gasteiger partial charge in [-0.15, -0.1) is 0 Å². The van der Waals surface area contributed by atoms with Crippen molar-refractivity contribution in [1.82, 2.24) is 4.98 Å². The van der Waals surface area contributed by atoms with Crippen molar-refractivity contribution in [3.8, 4) is 5.75 Å². The zero-order chi connectivity index (χ0) is 15.8. The van der Waals surface area contributed by atoms with Gasteiger partial charge in [0, 0.05) is 5.39 Å². The van der Waals surface area contributed by atoms with E-state index in [1.807, 2.05) is 6.07 Å². The van der Waals surface area contributed by atoms with E-state index in [-0.39, 0.29) is 11.4 Å². The van der Waals surface area contributed by atoms with Crippen molar-refractivity contribution in [1.29, 1.82) is 0 Å². The fourth-order valence-corrected chi connectivity index (χ4v) is 2.37. The summed E-state index contributed by atoms with van der Waals surface area (Å²) in [6.45, 7) is 2.61. The van der Waals surface area contributed by atoms with Gasteiger partial charge in [-0.25, -0.2) is 9.78 Å². The number of rotatable bonds is 8. The first kappa shape index (κ1) is 16.3. The number of esters is 1. The van der Waals surface area contributed by atoms with Crippen molar-refractivity contribution < 1.29 is 14.6 Å². The molecule has 0 fully saturated rings. The minimum absolute atomic E-state index is 0.0723. The molecule has 0 saturated heterocycles. The highest BCUT2D eigenvalue weighted by molar-refractivity contribution is 5.92. The second-order valence-corrected chi connectivity index (χ2v) is 5.45. The van der Waals surface area contributed by atoms with Crippen molar-refractivity contribution in [2.75, 3.05) is 6.61 Å². The van der Waals surface area contributed by atoms with Crippen LogP contribution < -0.4 is 0 Å². The molecule has 4 heteroatoms. The Morgan fingerprint density at radius 1 is 1.09 bits per heavy atom. The Morgan fingerprint density at radius 2 is 1.86 bits per heavy atom. The second-order valence-electron chi connectivity index (χ2n) is 5.45. The van der Waals surface area contributed by atoms with E-state index in [1.165, 1.54) is 25.7 Å². The molecule has 0 bridgehead atoms. The molecule has 0 aliphatic rings. The Hall–Kier alpha value is -2.10. The van der Waals surface area contributed by atoms with Crippen LogP contribution >= 0.6 is 0 Å². The molecule has 0 radical (unpaired) electrons. The Balaban J connectivity index is 1.84. The molecule has 0 saturated carbocycles. The number of unbranched alkanes of at least 4 members (excludes halogenated alkanes) is 5. The zero-order valence-corrected chi connectivity index (χ0v) is 13.0. The van der Waals surface area contributed by atoms with Crippen molar-refractivity contribution >= 4 is 16.9 Å². The SMILES string of the molecule is CCCCCCCCOC(=O)c1ccc2cccc(O)c2n1. The molecular formula is C18H23NO3. The standard InChI is InChI=1S/C18H23NO3/c1-2-3-4-5-6-7-13-22-18(21)15-12-11-14-9-8-10-16(20)17(14)19-15/h8-12,20H,2-7,13H2,1H3. The molecule has 1 aromatic carbocycles.